The molecule has 0 radical (unpaired) electrons. The molecule has 0 bridgehead atoms. The van der Waals surface area contributed by atoms with Gasteiger partial charge in [0.25, 0.3) is 5.91 Å². The molecule has 1 aliphatic heterocycles. The van der Waals surface area contributed by atoms with Crippen LogP contribution in [0, 0.1) is 5.82 Å². The van der Waals surface area contributed by atoms with E-state index in [0.717, 1.165) is 12.0 Å². The minimum Gasteiger partial charge on any atom is -0.348 e. The Morgan fingerprint density at radius 1 is 1.16 bits per heavy atom. The smallest absolute Gasteiger partial charge is 0.254 e. The minimum absolute atomic E-state index is 0.138. The SMILES string of the molecule is C[C@H](NC(=O)[C@H]1CCCN1C(=O)c1cccc(F)c1)c1ccccc1. The van der Waals surface area contributed by atoms with Crippen molar-refractivity contribution in [1.82, 2.24) is 10.2 Å². The molecule has 0 spiro atoms. The summed E-state index contributed by atoms with van der Waals surface area (Å²) in [6, 6.07) is 14.6. The van der Waals surface area contributed by atoms with Gasteiger partial charge in [-0.05, 0) is 43.5 Å². The van der Waals surface area contributed by atoms with Gasteiger partial charge >= 0.3 is 0 Å². The molecule has 1 fully saturated rings. The van der Waals surface area contributed by atoms with E-state index in [1.165, 1.54) is 18.2 Å². The highest BCUT2D eigenvalue weighted by molar-refractivity contribution is 5.98. The number of carbonyl (C=O) groups excluding carboxylic acids is 2. The van der Waals surface area contributed by atoms with Gasteiger partial charge in [0.15, 0.2) is 0 Å². The molecule has 1 heterocycles. The average molecular weight is 340 g/mol. The van der Waals surface area contributed by atoms with E-state index in [0.29, 0.717) is 13.0 Å². The van der Waals surface area contributed by atoms with Gasteiger partial charge in [-0.3, -0.25) is 9.59 Å². The number of hydrogen-bond acceptors (Lipinski definition) is 2. The van der Waals surface area contributed by atoms with Crippen molar-refractivity contribution >= 4 is 11.8 Å². The Hall–Kier alpha value is -2.69. The molecule has 1 aliphatic rings. The third-order valence-corrected chi connectivity index (χ3v) is 4.55. The van der Waals surface area contributed by atoms with E-state index < -0.39 is 11.9 Å². The van der Waals surface area contributed by atoms with Crippen molar-refractivity contribution in [3.63, 3.8) is 0 Å². The van der Waals surface area contributed by atoms with Gasteiger partial charge in [0, 0.05) is 12.1 Å². The third kappa shape index (κ3) is 3.87. The van der Waals surface area contributed by atoms with E-state index in [2.05, 4.69) is 5.32 Å². The number of benzene rings is 2. The Kier molecular flexibility index (Phi) is 5.12. The fraction of sp³-hybridized carbons (Fsp3) is 0.300. The molecule has 2 aromatic rings. The Balaban J connectivity index is 1.70. The van der Waals surface area contributed by atoms with Gasteiger partial charge in [-0.2, -0.15) is 0 Å². The summed E-state index contributed by atoms with van der Waals surface area (Å²) >= 11 is 0. The standard InChI is InChI=1S/C20H21FN2O2/c1-14(15-7-3-2-4-8-15)22-19(24)18-11-6-12-23(18)20(25)16-9-5-10-17(21)13-16/h2-5,7-10,13-14,18H,6,11-12H2,1H3,(H,22,24)/t14-,18+/m0/s1. The summed E-state index contributed by atoms with van der Waals surface area (Å²) in [4.78, 5) is 26.9. The predicted molar refractivity (Wildman–Crippen MR) is 93.5 cm³/mol. The fourth-order valence-corrected chi connectivity index (χ4v) is 3.20. The molecule has 2 atom stereocenters. The largest absolute Gasteiger partial charge is 0.348 e. The lowest BCUT2D eigenvalue weighted by atomic mass is 10.1. The lowest BCUT2D eigenvalue weighted by Gasteiger charge is -2.25. The summed E-state index contributed by atoms with van der Waals surface area (Å²) in [6.45, 7) is 2.42. The maximum Gasteiger partial charge on any atom is 0.254 e. The van der Waals surface area contributed by atoms with Crippen molar-refractivity contribution in [3.8, 4) is 0 Å². The number of carbonyl (C=O) groups is 2. The number of amides is 2. The number of nitrogens with zero attached hydrogens (tertiary/aromatic N) is 1. The molecule has 2 amide bonds. The molecule has 1 N–H and O–H groups in total. The molecule has 130 valence electrons. The summed E-state index contributed by atoms with van der Waals surface area (Å²) in [7, 11) is 0. The van der Waals surface area contributed by atoms with Gasteiger partial charge in [0.05, 0.1) is 6.04 Å². The molecule has 0 saturated carbocycles. The van der Waals surface area contributed by atoms with Crippen molar-refractivity contribution in [2.24, 2.45) is 0 Å². The molecule has 0 aliphatic carbocycles. The summed E-state index contributed by atoms with van der Waals surface area (Å²) in [5.74, 6) is -0.924. The van der Waals surface area contributed by atoms with Crippen LogP contribution in [0.15, 0.2) is 54.6 Å². The summed E-state index contributed by atoms with van der Waals surface area (Å²) < 4.78 is 13.4. The first-order valence-corrected chi connectivity index (χ1v) is 8.48. The molecule has 4 nitrogen and oxygen atoms in total. The third-order valence-electron chi connectivity index (χ3n) is 4.55. The van der Waals surface area contributed by atoms with Gasteiger partial charge < -0.3 is 10.2 Å². The highest BCUT2D eigenvalue weighted by Gasteiger charge is 2.35. The van der Waals surface area contributed by atoms with Crippen molar-refractivity contribution < 1.29 is 14.0 Å². The maximum atomic E-state index is 13.4. The minimum atomic E-state index is -0.512. The molecule has 5 heteroatoms. The van der Waals surface area contributed by atoms with Crippen molar-refractivity contribution in [2.45, 2.75) is 31.8 Å². The first-order valence-electron chi connectivity index (χ1n) is 8.48. The normalized spacial score (nSPS) is 18.0. The van der Waals surface area contributed by atoms with Gasteiger partial charge in [-0.1, -0.05) is 36.4 Å². The zero-order valence-corrected chi connectivity index (χ0v) is 14.1. The molecule has 3 rings (SSSR count). The summed E-state index contributed by atoms with van der Waals surface area (Å²) in [5.41, 5.74) is 1.28. The number of nitrogens with one attached hydrogen (secondary N) is 1. The number of likely N-dealkylation sites (tertiary alicyclic amines) is 1. The Bertz CT molecular complexity index is 763. The second-order valence-corrected chi connectivity index (χ2v) is 6.31. The van der Waals surface area contributed by atoms with Gasteiger partial charge in [-0.25, -0.2) is 4.39 Å². The Morgan fingerprint density at radius 2 is 1.92 bits per heavy atom. The fourth-order valence-electron chi connectivity index (χ4n) is 3.20. The van der Waals surface area contributed by atoms with Crippen LogP contribution in [0.4, 0.5) is 4.39 Å². The number of halogens is 1. The van der Waals surface area contributed by atoms with Crippen molar-refractivity contribution in [2.75, 3.05) is 6.54 Å². The van der Waals surface area contributed by atoms with Crippen LogP contribution < -0.4 is 5.32 Å². The van der Waals surface area contributed by atoms with Gasteiger partial charge in [-0.15, -0.1) is 0 Å². The monoisotopic (exact) mass is 340 g/mol. The maximum absolute atomic E-state index is 13.4. The highest BCUT2D eigenvalue weighted by Crippen LogP contribution is 2.22. The zero-order chi connectivity index (χ0) is 17.8. The zero-order valence-electron chi connectivity index (χ0n) is 14.1. The lowest BCUT2D eigenvalue weighted by molar-refractivity contribution is -0.125. The highest BCUT2D eigenvalue weighted by atomic mass is 19.1. The van der Waals surface area contributed by atoms with Crippen LogP contribution in [0.25, 0.3) is 0 Å². The molecule has 1 saturated heterocycles. The van der Waals surface area contributed by atoms with Crippen LogP contribution in [0.5, 0.6) is 0 Å². The van der Waals surface area contributed by atoms with E-state index in [9.17, 15) is 14.0 Å². The Labute approximate surface area is 146 Å². The van der Waals surface area contributed by atoms with E-state index in [4.69, 9.17) is 0 Å². The summed E-state index contributed by atoms with van der Waals surface area (Å²) in [5, 5.41) is 2.98. The predicted octanol–water partition coefficient (Wildman–Crippen LogP) is 3.31. The average Bonchev–Trinajstić information content (AvgIpc) is 3.11. The second-order valence-electron chi connectivity index (χ2n) is 6.31. The number of rotatable bonds is 4. The van der Waals surface area contributed by atoms with E-state index in [1.54, 1.807) is 11.0 Å². The van der Waals surface area contributed by atoms with Gasteiger partial charge in [0.1, 0.15) is 11.9 Å². The Morgan fingerprint density at radius 3 is 2.64 bits per heavy atom. The van der Waals surface area contributed by atoms with E-state index in [-0.39, 0.29) is 23.4 Å². The number of hydrogen-bond donors (Lipinski definition) is 1. The molecule has 2 aromatic carbocycles. The molecule has 25 heavy (non-hydrogen) atoms. The van der Waals surface area contributed by atoms with Crippen LogP contribution in [0.1, 0.15) is 41.7 Å². The molecule has 0 aromatic heterocycles. The quantitative estimate of drug-likeness (QED) is 0.928. The molecule has 0 unspecified atom stereocenters. The van der Waals surface area contributed by atoms with Gasteiger partial charge in [0.2, 0.25) is 5.91 Å². The van der Waals surface area contributed by atoms with E-state index in [1.807, 2.05) is 37.3 Å². The van der Waals surface area contributed by atoms with E-state index >= 15 is 0 Å². The first kappa shape index (κ1) is 17.1. The van der Waals surface area contributed by atoms with Crippen LogP contribution in [-0.4, -0.2) is 29.3 Å². The molecular weight excluding hydrogens is 319 g/mol. The van der Waals surface area contributed by atoms with Crippen LogP contribution in [0.3, 0.4) is 0 Å². The summed E-state index contributed by atoms with van der Waals surface area (Å²) in [6.07, 6.45) is 1.38. The lowest BCUT2D eigenvalue weighted by Crippen LogP contribution is -2.46. The van der Waals surface area contributed by atoms with Crippen molar-refractivity contribution in [3.05, 3.63) is 71.5 Å². The molecular formula is C20H21FN2O2. The second kappa shape index (κ2) is 7.47. The van der Waals surface area contributed by atoms with Crippen molar-refractivity contribution in [1.29, 1.82) is 0 Å². The van der Waals surface area contributed by atoms with Crippen LogP contribution in [-0.2, 0) is 4.79 Å². The van der Waals surface area contributed by atoms with Crippen LogP contribution in [0.2, 0.25) is 0 Å². The van der Waals surface area contributed by atoms with Crippen LogP contribution >= 0.6 is 0 Å². The topological polar surface area (TPSA) is 49.4 Å². The first-order chi connectivity index (χ1) is 12.1.